The zero-order valence-corrected chi connectivity index (χ0v) is 14.0. The number of carboxylic acids is 1. The van der Waals surface area contributed by atoms with Crippen LogP contribution in [-0.2, 0) is 4.79 Å². The van der Waals surface area contributed by atoms with Crippen LogP contribution < -0.4 is 4.74 Å². The highest BCUT2D eigenvalue weighted by atomic mass is 16.5. The molecule has 0 bridgehead atoms. The summed E-state index contributed by atoms with van der Waals surface area (Å²) in [5.41, 5.74) is 0.237. The van der Waals surface area contributed by atoms with E-state index in [1.54, 1.807) is 12.1 Å². The summed E-state index contributed by atoms with van der Waals surface area (Å²) >= 11 is 0. The predicted octanol–water partition coefficient (Wildman–Crippen LogP) is 3.19. The first-order valence-corrected chi connectivity index (χ1v) is 8.15. The minimum Gasteiger partial charge on any atom is -0.491 e. The lowest BCUT2D eigenvalue weighted by atomic mass is 10.1. The number of aromatic carboxylic acids is 1. The Morgan fingerprint density at radius 2 is 1.91 bits per heavy atom. The maximum atomic E-state index is 12.4. The molecule has 1 aliphatic heterocycles. The van der Waals surface area contributed by atoms with E-state index in [4.69, 9.17) is 9.84 Å². The van der Waals surface area contributed by atoms with Crippen LogP contribution in [0.1, 0.15) is 50.4 Å². The van der Waals surface area contributed by atoms with Gasteiger partial charge in [-0.25, -0.2) is 4.79 Å². The quantitative estimate of drug-likeness (QED) is 0.874. The maximum absolute atomic E-state index is 12.4. The Morgan fingerprint density at radius 1 is 1.26 bits per heavy atom. The molecule has 5 heteroatoms. The van der Waals surface area contributed by atoms with Gasteiger partial charge in [-0.15, -0.1) is 0 Å². The first kappa shape index (κ1) is 17.3. The number of hydrogen-bond donors (Lipinski definition) is 1. The molecule has 0 aliphatic carbocycles. The molecule has 126 valence electrons. The Labute approximate surface area is 137 Å². The van der Waals surface area contributed by atoms with E-state index < -0.39 is 5.97 Å². The lowest BCUT2D eigenvalue weighted by Crippen LogP contribution is -2.43. The standard InChI is InChI=1S/C18H25NO4/c1-12(2)10-17(20)19-13(3)4-7-15(19)11-23-16-8-5-14(6-9-16)18(21)22/h5-6,8-9,12-13,15H,4,7,10-11H2,1-3H3,(H,21,22)/t13-,15-/m0/s1. The largest absolute Gasteiger partial charge is 0.491 e. The molecule has 0 aromatic heterocycles. The zero-order valence-electron chi connectivity index (χ0n) is 14.0. The fraction of sp³-hybridized carbons (Fsp3) is 0.556. The molecular weight excluding hydrogens is 294 g/mol. The van der Waals surface area contributed by atoms with E-state index in [2.05, 4.69) is 6.92 Å². The molecule has 1 aromatic rings. The Balaban J connectivity index is 1.95. The molecule has 1 fully saturated rings. The molecule has 1 heterocycles. The van der Waals surface area contributed by atoms with E-state index >= 15 is 0 Å². The Kier molecular flexibility index (Phi) is 5.64. The van der Waals surface area contributed by atoms with Crippen molar-refractivity contribution in [2.45, 2.75) is 52.1 Å². The van der Waals surface area contributed by atoms with Gasteiger partial charge in [-0.1, -0.05) is 13.8 Å². The van der Waals surface area contributed by atoms with Crippen LogP contribution in [0.25, 0.3) is 0 Å². The summed E-state index contributed by atoms with van der Waals surface area (Å²) in [6, 6.07) is 6.71. The van der Waals surface area contributed by atoms with Crippen LogP contribution in [0.5, 0.6) is 5.75 Å². The number of hydrogen-bond acceptors (Lipinski definition) is 3. The lowest BCUT2D eigenvalue weighted by Gasteiger charge is -2.29. The van der Waals surface area contributed by atoms with E-state index in [9.17, 15) is 9.59 Å². The fourth-order valence-electron chi connectivity index (χ4n) is 3.03. The van der Waals surface area contributed by atoms with Crippen molar-refractivity contribution in [3.63, 3.8) is 0 Å². The van der Waals surface area contributed by atoms with Gasteiger partial charge in [0.15, 0.2) is 0 Å². The third kappa shape index (κ3) is 4.47. The molecule has 1 N–H and O–H groups in total. The van der Waals surface area contributed by atoms with Gasteiger partial charge in [0, 0.05) is 12.5 Å². The van der Waals surface area contributed by atoms with Gasteiger partial charge in [0.05, 0.1) is 11.6 Å². The van der Waals surface area contributed by atoms with E-state index in [-0.39, 0.29) is 23.6 Å². The molecule has 1 aliphatic rings. The number of ether oxygens (including phenoxy) is 1. The van der Waals surface area contributed by atoms with E-state index in [1.165, 1.54) is 12.1 Å². The first-order chi connectivity index (χ1) is 10.9. The average molecular weight is 319 g/mol. The van der Waals surface area contributed by atoms with Gasteiger partial charge in [0.1, 0.15) is 12.4 Å². The van der Waals surface area contributed by atoms with Gasteiger partial charge in [-0.05, 0) is 49.9 Å². The van der Waals surface area contributed by atoms with Crippen LogP contribution in [0.2, 0.25) is 0 Å². The van der Waals surface area contributed by atoms with Gasteiger partial charge in [-0.3, -0.25) is 4.79 Å². The van der Waals surface area contributed by atoms with Gasteiger partial charge in [0.2, 0.25) is 5.91 Å². The lowest BCUT2D eigenvalue weighted by molar-refractivity contribution is -0.135. The highest BCUT2D eigenvalue weighted by molar-refractivity contribution is 5.87. The summed E-state index contributed by atoms with van der Waals surface area (Å²) in [4.78, 5) is 25.2. The monoisotopic (exact) mass is 319 g/mol. The Morgan fingerprint density at radius 3 is 2.48 bits per heavy atom. The fourth-order valence-corrected chi connectivity index (χ4v) is 3.03. The smallest absolute Gasteiger partial charge is 0.335 e. The first-order valence-electron chi connectivity index (χ1n) is 8.15. The number of benzene rings is 1. The van der Waals surface area contributed by atoms with E-state index in [1.807, 2.05) is 18.7 Å². The van der Waals surface area contributed by atoms with Crippen molar-refractivity contribution in [3.8, 4) is 5.75 Å². The molecule has 2 rings (SSSR count). The van der Waals surface area contributed by atoms with Crippen LogP contribution >= 0.6 is 0 Å². The number of carbonyl (C=O) groups excluding carboxylic acids is 1. The predicted molar refractivity (Wildman–Crippen MR) is 87.7 cm³/mol. The highest BCUT2D eigenvalue weighted by Crippen LogP contribution is 2.26. The summed E-state index contributed by atoms with van der Waals surface area (Å²) < 4.78 is 5.77. The number of likely N-dealkylation sites (tertiary alicyclic amines) is 1. The highest BCUT2D eigenvalue weighted by Gasteiger charge is 2.34. The molecule has 0 radical (unpaired) electrons. The second-order valence-corrected chi connectivity index (χ2v) is 6.62. The molecule has 5 nitrogen and oxygen atoms in total. The van der Waals surface area contributed by atoms with Gasteiger partial charge in [-0.2, -0.15) is 0 Å². The number of carboxylic acid groups (broad SMARTS) is 1. The van der Waals surface area contributed by atoms with Crippen LogP contribution in [0, 0.1) is 5.92 Å². The summed E-state index contributed by atoms with van der Waals surface area (Å²) in [5, 5.41) is 8.89. The third-order valence-corrected chi connectivity index (χ3v) is 4.20. The van der Waals surface area contributed by atoms with Crippen molar-refractivity contribution in [1.82, 2.24) is 4.90 Å². The second-order valence-electron chi connectivity index (χ2n) is 6.62. The van der Waals surface area contributed by atoms with Crippen molar-refractivity contribution in [2.75, 3.05) is 6.61 Å². The van der Waals surface area contributed by atoms with E-state index in [0.29, 0.717) is 24.7 Å². The molecule has 2 atom stereocenters. The van der Waals surface area contributed by atoms with Gasteiger partial charge in [0.25, 0.3) is 0 Å². The normalized spacial score (nSPS) is 20.8. The molecule has 0 saturated carbocycles. The second kappa shape index (κ2) is 7.49. The Hall–Kier alpha value is -2.04. The number of amides is 1. The van der Waals surface area contributed by atoms with Crippen LogP contribution in [-0.4, -0.2) is 40.6 Å². The van der Waals surface area contributed by atoms with Crippen LogP contribution in [0.4, 0.5) is 0 Å². The molecule has 1 amide bonds. The van der Waals surface area contributed by atoms with Crippen LogP contribution in [0.15, 0.2) is 24.3 Å². The SMILES string of the molecule is CC(C)CC(=O)N1[C@H](COc2ccc(C(=O)O)cc2)CC[C@@H]1C. The summed E-state index contributed by atoms with van der Waals surface area (Å²) in [5.74, 6) is 0.220. The number of carbonyl (C=O) groups is 2. The number of rotatable bonds is 6. The van der Waals surface area contributed by atoms with Crippen molar-refractivity contribution < 1.29 is 19.4 Å². The molecule has 1 aromatic carbocycles. The maximum Gasteiger partial charge on any atom is 0.335 e. The zero-order chi connectivity index (χ0) is 17.0. The third-order valence-electron chi connectivity index (χ3n) is 4.20. The topological polar surface area (TPSA) is 66.8 Å². The van der Waals surface area contributed by atoms with E-state index in [0.717, 1.165) is 12.8 Å². The van der Waals surface area contributed by atoms with Crippen LogP contribution in [0.3, 0.4) is 0 Å². The minimum atomic E-state index is -0.952. The minimum absolute atomic E-state index is 0.0930. The van der Waals surface area contributed by atoms with Crippen molar-refractivity contribution in [1.29, 1.82) is 0 Å². The average Bonchev–Trinajstić information content (AvgIpc) is 2.86. The van der Waals surface area contributed by atoms with Crippen molar-refractivity contribution >= 4 is 11.9 Å². The molecule has 1 saturated heterocycles. The summed E-state index contributed by atoms with van der Waals surface area (Å²) in [6.45, 7) is 6.63. The number of nitrogens with zero attached hydrogens (tertiary/aromatic N) is 1. The summed E-state index contributed by atoms with van der Waals surface area (Å²) in [7, 11) is 0. The Bertz CT molecular complexity index is 553. The molecule has 0 unspecified atom stereocenters. The van der Waals surface area contributed by atoms with Gasteiger partial charge >= 0.3 is 5.97 Å². The van der Waals surface area contributed by atoms with Gasteiger partial charge < -0.3 is 14.7 Å². The molecular formula is C18H25NO4. The molecule has 23 heavy (non-hydrogen) atoms. The summed E-state index contributed by atoms with van der Waals surface area (Å²) in [6.07, 6.45) is 2.50. The molecule has 0 spiro atoms. The van der Waals surface area contributed by atoms with Crippen molar-refractivity contribution in [3.05, 3.63) is 29.8 Å². The van der Waals surface area contributed by atoms with Crippen molar-refractivity contribution in [2.24, 2.45) is 5.92 Å².